The van der Waals surface area contributed by atoms with Crippen LogP contribution in [0.25, 0.3) is 10.9 Å². The highest BCUT2D eigenvalue weighted by Crippen LogP contribution is 2.32. The van der Waals surface area contributed by atoms with E-state index in [1.54, 1.807) is 6.26 Å². The molecule has 4 nitrogen and oxygen atoms in total. The van der Waals surface area contributed by atoms with Crippen LogP contribution in [0, 0.1) is 0 Å². The largest absolute Gasteiger partial charge is 0.467 e. The van der Waals surface area contributed by atoms with Crippen molar-refractivity contribution in [2.24, 2.45) is 0 Å². The molecule has 1 unspecified atom stereocenters. The summed E-state index contributed by atoms with van der Waals surface area (Å²) in [4.78, 5) is 16.2. The van der Waals surface area contributed by atoms with Crippen molar-refractivity contribution in [3.05, 3.63) is 95.6 Å². The van der Waals surface area contributed by atoms with E-state index in [9.17, 15) is 4.79 Å². The van der Waals surface area contributed by atoms with Crippen LogP contribution in [0.5, 0.6) is 0 Å². The van der Waals surface area contributed by atoms with E-state index >= 15 is 0 Å². The molecule has 0 bridgehead atoms. The lowest BCUT2D eigenvalue weighted by atomic mass is 9.88. The van der Waals surface area contributed by atoms with Crippen LogP contribution in [0.2, 0.25) is 0 Å². The van der Waals surface area contributed by atoms with Gasteiger partial charge in [-0.2, -0.15) is 0 Å². The van der Waals surface area contributed by atoms with E-state index in [0.717, 1.165) is 18.6 Å². The lowest BCUT2D eigenvalue weighted by molar-refractivity contribution is -0.121. The lowest BCUT2D eigenvalue weighted by Gasteiger charge is -2.17. The first-order chi connectivity index (χ1) is 14.2. The number of para-hydroxylation sites is 1. The van der Waals surface area contributed by atoms with Crippen LogP contribution < -0.4 is 5.32 Å². The SMILES string of the molecule is CCc1cccc2c(C(CC(=O)NCc3ccco3)Cc3ccccc3)c[nH]c12. The van der Waals surface area contributed by atoms with E-state index in [0.29, 0.717) is 13.0 Å². The maximum atomic E-state index is 12.7. The quantitative estimate of drug-likeness (QED) is 0.428. The Labute approximate surface area is 170 Å². The average molecular weight is 386 g/mol. The summed E-state index contributed by atoms with van der Waals surface area (Å²) in [6.45, 7) is 2.58. The highest BCUT2D eigenvalue weighted by molar-refractivity contribution is 5.87. The molecule has 4 heteroatoms. The molecule has 0 aliphatic rings. The number of benzene rings is 2. The number of amides is 1. The van der Waals surface area contributed by atoms with E-state index in [-0.39, 0.29) is 11.8 Å². The normalized spacial score (nSPS) is 12.2. The third kappa shape index (κ3) is 4.43. The number of rotatable bonds is 8. The smallest absolute Gasteiger partial charge is 0.220 e. The Kier molecular flexibility index (Phi) is 5.80. The molecule has 0 saturated heterocycles. The van der Waals surface area contributed by atoms with Crippen molar-refractivity contribution < 1.29 is 9.21 Å². The van der Waals surface area contributed by atoms with Gasteiger partial charge >= 0.3 is 0 Å². The molecule has 2 aromatic carbocycles. The van der Waals surface area contributed by atoms with Gasteiger partial charge in [0.15, 0.2) is 0 Å². The monoisotopic (exact) mass is 386 g/mol. The number of aryl methyl sites for hydroxylation is 1. The second-order valence-corrected chi connectivity index (χ2v) is 7.38. The molecule has 2 aromatic heterocycles. The first-order valence-corrected chi connectivity index (χ1v) is 10.2. The second-order valence-electron chi connectivity index (χ2n) is 7.38. The van der Waals surface area contributed by atoms with E-state index in [2.05, 4.69) is 53.8 Å². The Hall–Kier alpha value is -3.27. The summed E-state index contributed by atoms with van der Waals surface area (Å²) in [6, 6.07) is 20.5. The van der Waals surface area contributed by atoms with Gasteiger partial charge in [0.25, 0.3) is 0 Å². The number of H-pyrrole nitrogens is 1. The van der Waals surface area contributed by atoms with Gasteiger partial charge in [0.05, 0.1) is 12.8 Å². The molecule has 0 saturated carbocycles. The lowest BCUT2D eigenvalue weighted by Crippen LogP contribution is -2.25. The summed E-state index contributed by atoms with van der Waals surface area (Å²) >= 11 is 0. The minimum absolute atomic E-state index is 0.0309. The Bertz CT molecular complexity index is 1060. The fourth-order valence-corrected chi connectivity index (χ4v) is 3.96. The third-order valence-electron chi connectivity index (χ3n) is 5.45. The Morgan fingerprint density at radius 3 is 2.69 bits per heavy atom. The topological polar surface area (TPSA) is 58.0 Å². The van der Waals surface area contributed by atoms with E-state index in [1.165, 1.54) is 27.6 Å². The van der Waals surface area contributed by atoms with Gasteiger partial charge in [0.1, 0.15) is 5.76 Å². The molecule has 4 rings (SSSR count). The molecule has 1 atom stereocenters. The number of hydrogen-bond donors (Lipinski definition) is 2. The number of furan rings is 1. The third-order valence-corrected chi connectivity index (χ3v) is 5.45. The zero-order valence-electron chi connectivity index (χ0n) is 16.7. The molecular formula is C25H26N2O2. The fourth-order valence-electron chi connectivity index (χ4n) is 3.96. The number of aromatic amines is 1. The van der Waals surface area contributed by atoms with E-state index in [4.69, 9.17) is 4.42 Å². The Morgan fingerprint density at radius 2 is 1.93 bits per heavy atom. The molecule has 4 aromatic rings. The van der Waals surface area contributed by atoms with Crippen LogP contribution in [-0.4, -0.2) is 10.9 Å². The van der Waals surface area contributed by atoms with Gasteiger partial charge < -0.3 is 14.7 Å². The summed E-state index contributed by atoms with van der Waals surface area (Å²) < 4.78 is 5.32. The predicted octanol–water partition coefficient (Wildman–Crippen LogP) is 5.36. The van der Waals surface area contributed by atoms with Crippen LogP contribution in [0.15, 0.2) is 77.5 Å². The van der Waals surface area contributed by atoms with Crippen LogP contribution in [0.3, 0.4) is 0 Å². The molecule has 0 aliphatic carbocycles. The van der Waals surface area contributed by atoms with Crippen LogP contribution >= 0.6 is 0 Å². The van der Waals surface area contributed by atoms with Crippen molar-refractivity contribution in [1.29, 1.82) is 0 Å². The summed E-state index contributed by atoms with van der Waals surface area (Å²) in [5.74, 6) is 0.885. The summed E-state index contributed by atoms with van der Waals surface area (Å²) in [5.41, 5.74) is 4.91. The number of carbonyl (C=O) groups excluding carboxylic acids is 1. The van der Waals surface area contributed by atoms with Crippen molar-refractivity contribution in [1.82, 2.24) is 10.3 Å². The molecule has 29 heavy (non-hydrogen) atoms. The first kappa shape index (κ1) is 19.1. The predicted molar refractivity (Wildman–Crippen MR) is 116 cm³/mol. The van der Waals surface area contributed by atoms with Crippen LogP contribution in [-0.2, 0) is 24.2 Å². The van der Waals surface area contributed by atoms with Gasteiger partial charge in [-0.05, 0) is 47.6 Å². The van der Waals surface area contributed by atoms with Gasteiger partial charge in [0.2, 0.25) is 5.91 Å². The van der Waals surface area contributed by atoms with Crippen molar-refractivity contribution in [3.8, 4) is 0 Å². The van der Waals surface area contributed by atoms with Gasteiger partial charge in [-0.3, -0.25) is 4.79 Å². The Morgan fingerprint density at radius 1 is 1.07 bits per heavy atom. The number of fused-ring (bicyclic) bond motifs is 1. The highest BCUT2D eigenvalue weighted by atomic mass is 16.3. The molecule has 2 N–H and O–H groups in total. The molecule has 0 spiro atoms. The maximum absolute atomic E-state index is 12.7. The van der Waals surface area contributed by atoms with Crippen LogP contribution in [0.4, 0.5) is 0 Å². The van der Waals surface area contributed by atoms with Crippen molar-refractivity contribution in [2.45, 2.75) is 38.6 Å². The maximum Gasteiger partial charge on any atom is 0.220 e. The van der Waals surface area contributed by atoms with Crippen molar-refractivity contribution in [2.75, 3.05) is 0 Å². The molecule has 148 valence electrons. The van der Waals surface area contributed by atoms with Gasteiger partial charge in [0, 0.05) is 23.5 Å². The Balaban J connectivity index is 1.59. The highest BCUT2D eigenvalue weighted by Gasteiger charge is 2.21. The van der Waals surface area contributed by atoms with Crippen molar-refractivity contribution >= 4 is 16.8 Å². The van der Waals surface area contributed by atoms with Crippen molar-refractivity contribution in [3.63, 3.8) is 0 Å². The standard InChI is InChI=1S/C25H26N2O2/c1-2-19-10-6-12-22-23(17-27-25(19)22)20(14-18-8-4-3-5-9-18)15-24(28)26-16-21-11-7-13-29-21/h3-13,17,20,27H,2,14-16H2,1H3,(H,26,28). The fraction of sp³-hybridized carbons (Fsp3) is 0.240. The van der Waals surface area contributed by atoms with Gasteiger partial charge in [-0.1, -0.05) is 55.5 Å². The number of hydrogen-bond acceptors (Lipinski definition) is 2. The second kappa shape index (κ2) is 8.82. The molecule has 2 heterocycles. The summed E-state index contributed by atoms with van der Waals surface area (Å²) in [6.07, 6.45) is 5.93. The molecule has 0 fully saturated rings. The van der Waals surface area contributed by atoms with E-state index in [1.807, 2.05) is 30.3 Å². The average Bonchev–Trinajstić information content (AvgIpc) is 3.42. The number of nitrogens with one attached hydrogen (secondary N) is 2. The minimum Gasteiger partial charge on any atom is -0.467 e. The molecule has 0 aliphatic heterocycles. The first-order valence-electron chi connectivity index (χ1n) is 10.2. The zero-order valence-corrected chi connectivity index (χ0v) is 16.7. The summed E-state index contributed by atoms with van der Waals surface area (Å²) in [5, 5.41) is 4.20. The minimum atomic E-state index is 0.0309. The molecule has 1 amide bonds. The van der Waals surface area contributed by atoms with Gasteiger partial charge in [-0.25, -0.2) is 0 Å². The van der Waals surface area contributed by atoms with Gasteiger partial charge in [-0.15, -0.1) is 0 Å². The summed E-state index contributed by atoms with van der Waals surface area (Å²) in [7, 11) is 0. The van der Waals surface area contributed by atoms with Crippen LogP contribution in [0.1, 0.15) is 41.7 Å². The van der Waals surface area contributed by atoms with E-state index < -0.39 is 0 Å². The number of aromatic nitrogens is 1. The molecule has 0 radical (unpaired) electrons. The number of carbonyl (C=O) groups is 1. The molecular weight excluding hydrogens is 360 g/mol. The zero-order chi connectivity index (χ0) is 20.1.